The minimum atomic E-state index is 0.457. The molecule has 0 aliphatic carbocycles. The van der Waals surface area contributed by atoms with Gasteiger partial charge >= 0.3 is 0 Å². The first-order valence-electron chi connectivity index (χ1n) is 4.85. The quantitative estimate of drug-likeness (QED) is 0.586. The Labute approximate surface area is 99.6 Å². The highest BCUT2D eigenvalue weighted by Gasteiger charge is 2.10. The first-order valence-corrected chi connectivity index (χ1v) is 5.22. The highest BCUT2D eigenvalue weighted by molar-refractivity contribution is 6.32. The van der Waals surface area contributed by atoms with E-state index in [9.17, 15) is 4.79 Å². The highest BCUT2D eigenvalue weighted by Crippen LogP contribution is 2.36. The van der Waals surface area contributed by atoms with Crippen LogP contribution in [0.5, 0.6) is 11.5 Å². The monoisotopic (exact) mass is 240 g/mol. The second-order valence-electron chi connectivity index (χ2n) is 2.96. The SMILES string of the molecule is CCOc1cc(/C=C/C=O)cc(Cl)c1OC. The van der Waals surface area contributed by atoms with Crippen LogP contribution < -0.4 is 9.47 Å². The number of rotatable bonds is 5. The van der Waals surface area contributed by atoms with E-state index >= 15 is 0 Å². The lowest BCUT2D eigenvalue weighted by Gasteiger charge is -2.11. The summed E-state index contributed by atoms with van der Waals surface area (Å²) in [6, 6.07) is 3.48. The average Bonchev–Trinajstić information content (AvgIpc) is 2.26. The van der Waals surface area contributed by atoms with Gasteiger partial charge < -0.3 is 9.47 Å². The number of ether oxygens (including phenoxy) is 2. The zero-order valence-electron chi connectivity index (χ0n) is 9.20. The third kappa shape index (κ3) is 3.00. The number of hydrogen-bond donors (Lipinski definition) is 0. The second-order valence-corrected chi connectivity index (χ2v) is 3.37. The predicted octanol–water partition coefficient (Wildman–Crippen LogP) is 2.96. The Hall–Kier alpha value is -1.48. The molecule has 0 fully saturated rings. The maximum atomic E-state index is 10.2. The molecule has 3 nitrogen and oxygen atoms in total. The van der Waals surface area contributed by atoms with Crippen molar-refractivity contribution in [1.82, 2.24) is 0 Å². The summed E-state index contributed by atoms with van der Waals surface area (Å²) >= 11 is 6.02. The van der Waals surface area contributed by atoms with Crippen LogP contribution in [0.3, 0.4) is 0 Å². The fraction of sp³-hybridized carbons (Fsp3) is 0.250. The van der Waals surface area contributed by atoms with Gasteiger partial charge in [0.1, 0.15) is 6.29 Å². The second kappa shape index (κ2) is 6.18. The van der Waals surface area contributed by atoms with Gasteiger partial charge in [-0.05, 0) is 30.7 Å². The Morgan fingerprint density at radius 2 is 2.19 bits per heavy atom. The molecule has 0 atom stereocenters. The molecule has 86 valence electrons. The van der Waals surface area contributed by atoms with Crippen LogP contribution in [-0.4, -0.2) is 20.0 Å². The molecule has 0 spiro atoms. The number of benzene rings is 1. The molecule has 0 bridgehead atoms. The van der Waals surface area contributed by atoms with Gasteiger partial charge in [0.25, 0.3) is 0 Å². The van der Waals surface area contributed by atoms with Gasteiger partial charge in [0, 0.05) is 0 Å². The van der Waals surface area contributed by atoms with Crippen LogP contribution in [0, 0.1) is 0 Å². The standard InChI is InChI=1S/C12H13ClO3/c1-3-16-11-8-9(5-4-6-14)7-10(13)12(11)15-2/h4-8H,3H2,1-2H3/b5-4+. The Kier molecular flexibility index (Phi) is 4.86. The van der Waals surface area contributed by atoms with Crippen molar-refractivity contribution in [2.24, 2.45) is 0 Å². The first kappa shape index (κ1) is 12.6. The van der Waals surface area contributed by atoms with E-state index in [0.717, 1.165) is 5.56 Å². The number of methoxy groups -OCH3 is 1. The molecule has 0 saturated heterocycles. The maximum Gasteiger partial charge on any atom is 0.179 e. The van der Waals surface area contributed by atoms with E-state index in [0.29, 0.717) is 29.4 Å². The fourth-order valence-corrected chi connectivity index (χ4v) is 1.59. The largest absolute Gasteiger partial charge is 0.491 e. The number of halogens is 1. The Bertz CT molecular complexity index is 399. The Morgan fingerprint density at radius 3 is 2.75 bits per heavy atom. The summed E-state index contributed by atoms with van der Waals surface area (Å²) in [7, 11) is 1.53. The predicted molar refractivity (Wildman–Crippen MR) is 64.3 cm³/mol. The molecule has 0 heterocycles. The summed E-state index contributed by atoms with van der Waals surface area (Å²) in [5.74, 6) is 1.08. The van der Waals surface area contributed by atoms with E-state index in [1.54, 1.807) is 18.2 Å². The van der Waals surface area contributed by atoms with E-state index in [1.165, 1.54) is 13.2 Å². The van der Waals surface area contributed by atoms with Crippen LogP contribution in [0.2, 0.25) is 5.02 Å². The van der Waals surface area contributed by atoms with Crippen LogP contribution in [0.15, 0.2) is 18.2 Å². The van der Waals surface area contributed by atoms with E-state index in [2.05, 4.69) is 0 Å². The molecule has 0 amide bonds. The third-order valence-corrected chi connectivity index (χ3v) is 2.18. The van der Waals surface area contributed by atoms with Crippen molar-refractivity contribution in [2.75, 3.05) is 13.7 Å². The molecule has 16 heavy (non-hydrogen) atoms. The van der Waals surface area contributed by atoms with Crippen LogP contribution in [-0.2, 0) is 4.79 Å². The van der Waals surface area contributed by atoms with Gasteiger partial charge in [0.05, 0.1) is 18.7 Å². The molecule has 4 heteroatoms. The Morgan fingerprint density at radius 1 is 1.44 bits per heavy atom. The van der Waals surface area contributed by atoms with Crippen molar-refractivity contribution in [3.63, 3.8) is 0 Å². The minimum Gasteiger partial charge on any atom is -0.491 e. The maximum absolute atomic E-state index is 10.2. The summed E-state index contributed by atoms with van der Waals surface area (Å²) in [4.78, 5) is 10.2. The van der Waals surface area contributed by atoms with Crippen molar-refractivity contribution >= 4 is 24.0 Å². The molecule has 0 unspecified atom stereocenters. The van der Waals surface area contributed by atoms with Crippen molar-refractivity contribution in [3.8, 4) is 11.5 Å². The lowest BCUT2D eigenvalue weighted by Crippen LogP contribution is -1.96. The summed E-state index contributed by atoms with van der Waals surface area (Å²) in [6.45, 7) is 2.40. The van der Waals surface area contributed by atoms with Crippen molar-refractivity contribution in [1.29, 1.82) is 0 Å². The van der Waals surface area contributed by atoms with Gasteiger partial charge in [-0.25, -0.2) is 0 Å². The molecular formula is C12H13ClO3. The van der Waals surface area contributed by atoms with Crippen LogP contribution >= 0.6 is 11.6 Å². The van der Waals surface area contributed by atoms with E-state index in [-0.39, 0.29) is 0 Å². The lowest BCUT2D eigenvalue weighted by atomic mass is 10.2. The zero-order valence-corrected chi connectivity index (χ0v) is 9.95. The van der Waals surface area contributed by atoms with Crippen LogP contribution in [0.4, 0.5) is 0 Å². The van der Waals surface area contributed by atoms with Crippen molar-refractivity contribution in [3.05, 3.63) is 28.8 Å². The molecule has 1 aromatic carbocycles. The van der Waals surface area contributed by atoms with Crippen molar-refractivity contribution < 1.29 is 14.3 Å². The average molecular weight is 241 g/mol. The van der Waals surface area contributed by atoms with E-state index < -0.39 is 0 Å². The molecule has 1 aromatic rings. The number of aldehydes is 1. The molecule has 0 aromatic heterocycles. The van der Waals surface area contributed by atoms with Gasteiger partial charge in [-0.1, -0.05) is 17.7 Å². The molecule has 0 saturated carbocycles. The summed E-state index contributed by atoms with van der Waals surface area (Å²) in [5, 5.41) is 0.457. The molecule has 0 aliphatic heterocycles. The molecule has 0 N–H and O–H groups in total. The summed E-state index contributed by atoms with van der Waals surface area (Å²) < 4.78 is 10.5. The molecular weight excluding hydrogens is 228 g/mol. The van der Waals surface area contributed by atoms with Gasteiger partial charge in [-0.3, -0.25) is 4.79 Å². The van der Waals surface area contributed by atoms with Crippen LogP contribution in [0.25, 0.3) is 6.08 Å². The smallest absolute Gasteiger partial charge is 0.179 e. The first-order chi connectivity index (χ1) is 7.72. The van der Waals surface area contributed by atoms with E-state index in [4.69, 9.17) is 21.1 Å². The van der Waals surface area contributed by atoms with Gasteiger partial charge in [0.2, 0.25) is 0 Å². The molecule has 0 aliphatic rings. The molecule has 1 rings (SSSR count). The fourth-order valence-electron chi connectivity index (χ4n) is 1.30. The van der Waals surface area contributed by atoms with Gasteiger partial charge in [0.15, 0.2) is 11.5 Å². The Balaban J connectivity index is 3.16. The number of carbonyl (C=O) groups is 1. The summed E-state index contributed by atoms with van der Waals surface area (Å²) in [6.07, 6.45) is 3.76. The topological polar surface area (TPSA) is 35.5 Å². The zero-order chi connectivity index (χ0) is 12.0. The van der Waals surface area contributed by atoms with Gasteiger partial charge in [-0.15, -0.1) is 0 Å². The third-order valence-electron chi connectivity index (χ3n) is 1.90. The minimum absolute atomic E-state index is 0.457. The molecule has 0 radical (unpaired) electrons. The van der Waals surface area contributed by atoms with Crippen molar-refractivity contribution in [2.45, 2.75) is 6.92 Å². The normalized spacial score (nSPS) is 10.4. The lowest BCUT2D eigenvalue weighted by molar-refractivity contribution is -0.104. The number of allylic oxidation sites excluding steroid dienone is 1. The van der Waals surface area contributed by atoms with Crippen LogP contribution in [0.1, 0.15) is 12.5 Å². The summed E-state index contributed by atoms with van der Waals surface area (Å²) in [5.41, 5.74) is 0.793. The number of hydrogen-bond acceptors (Lipinski definition) is 3. The highest BCUT2D eigenvalue weighted by atomic mass is 35.5. The number of carbonyl (C=O) groups excluding carboxylic acids is 1. The van der Waals surface area contributed by atoms with Gasteiger partial charge in [-0.2, -0.15) is 0 Å². The van der Waals surface area contributed by atoms with E-state index in [1.807, 2.05) is 6.92 Å².